The number of ether oxygens (including phenoxy) is 1. The van der Waals surface area contributed by atoms with Crippen LogP contribution in [0.5, 0.6) is 5.75 Å². The van der Waals surface area contributed by atoms with E-state index in [0.717, 1.165) is 5.39 Å². The van der Waals surface area contributed by atoms with Gasteiger partial charge in [0.05, 0.1) is 31.2 Å². The molecule has 0 bridgehead atoms. The number of rotatable bonds is 6. The van der Waals surface area contributed by atoms with Crippen molar-refractivity contribution in [1.82, 2.24) is 24.5 Å². The van der Waals surface area contributed by atoms with Gasteiger partial charge in [-0.2, -0.15) is 10.2 Å². The third-order valence-corrected chi connectivity index (χ3v) is 7.35. The Morgan fingerprint density at radius 1 is 1.16 bits per heavy atom. The molecule has 160 valence electrons. The highest BCUT2D eigenvalue weighted by Crippen LogP contribution is 2.40. The zero-order valence-electron chi connectivity index (χ0n) is 17.4. The largest absolute Gasteiger partial charge is 0.494 e. The van der Waals surface area contributed by atoms with Gasteiger partial charge in [0.25, 0.3) is 10.0 Å². The summed E-state index contributed by atoms with van der Waals surface area (Å²) in [5.41, 5.74) is 2.29. The standard InChI is InChI=1S/C21H22N6O3S/c1-25-20-16(11-23-25)6-7-18(30-3)21(20)26(2)31(28,29)17-12-24-27(13-17)19-10-15(8-9-22-19)14-4-5-14/h6-14H,4-5H2,1-3H3. The van der Waals surface area contributed by atoms with E-state index in [-0.39, 0.29) is 4.90 Å². The van der Waals surface area contributed by atoms with Crippen molar-refractivity contribution < 1.29 is 13.2 Å². The molecule has 0 atom stereocenters. The lowest BCUT2D eigenvalue weighted by Gasteiger charge is -2.22. The maximum Gasteiger partial charge on any atom is 0.267 e. The molecule has 0 aliphatic heterocycles. The highest BCUT2D eigenvalue weighted by Gasteiger charge is 2.29. The van der Waals surface area contributed by atoms with Gasteiger partial charge in [0.1, 0.15) is 16.3 Å². The summed E-state index contributed by atoms with van der Waals surface area (Å²) < 4.78 is 36.8. The summed E-state index contributed by atoms with van der Waals surface area (Å²) in [6, 6.07) is 7.55. The molecule has 0 spiro atoms. The van der Waals surface area contributed by atoms with Crippen LogP contribution in [0.3, 0.4) is 0 Å². The highest BCUT2D eigenvalue weighted by atomic mass is 32.2. The van der Waals surface area contributed by atoms with Crippen molar-refractivity contribution in [2.45, 2.75) is 23.7 Å². The van der Waals surface area contributed by atoms with Gasteiger partial charge in [0.2, 0.25) is 0 Å². The third kappa shape index (κ3) is 3.23. The Morgan fingerprint density at radius 2 is 1.97 bits per heavy atom. The van der Waals surface area contributed by atoms with Crippen LogP contribution in [0.25, 0.3) is 16.7 Å². The molecule has 0 saturated heterocycles. The van der Waals surface area contributed by atoms with Gasteiger partial charge in [-0.15, -0.1) is 0 Å². The van der Waals surface area contributed by atoms with E-state index >= 15 is 0 Å². The summed E-state index contributed by atoms with van der Waals surface area (Å²) in [7, 11) is 0.870. The number of benzene rings is 1. The van der Waals surface area contributed by atoms with E-state index in [4.69, 9.17) is 4.74 Å². The second-order valence-electron chi connectivity index (χ2n) is 7.64. The molecule has 1 aromatic carbocycles. The van der Waals surface area contributed by atoms with E-state index in [2.05, 4.69) is 15.2 Å². The van der Waals surface area contributed by atoms with Gasteiger partial charge >= 0.3 is 0 Å². The van der Waals surface area contributed by atoms with E-state index in [1.807, 2.05) is 18.2 Å². The Kier molecular flexibility index (Phi) is 4.47. The molecule has 1 saturated carbocycles. The van der Waals surface area contributed by atoms with Gasteiger partial charge in [-0.25, -0.2) is 18.1 Å². The minimum atomic E-state index is -3.91. The maximum atomic E-state index is 13.5. The molecular formula is C21H22N6O3S. The predicted octanol–water partition coefficient (Wildman–Crippen LogP) is 2.87. The van der Waals surface area contributed by atoms with E-state index in [1.165, 1.54) is 53.9 Å². The fourth-order valence-corrected chi connectivity index (χ4v) is 4.92. The quantitative estimate of drug-likeness (QED) is 0.459. The zero-order valence-corrected chi connectivity index (χ0v) is 18.2. The summed E-state index contributed by atoms with van der Waals surface area (Å²) in [6.45, 7) is 0. The van der Waals surface area contributed by atoms with Crippen molar-refractivity contribution in [1.29, 1.82) is 0 Å². The van der Waals surface area contributed by atoms with Gasteiger partial charge in [-0.05, 0) is 48.6 Å². The maximum absolute atomic E-state index is 13.5. The van der Waals surface area contributed by atoms with Crippen molar-refractivity contribution in [3.05, 3.63) is 54.6 Å². The number of aryl methyl sites for hydroxylation is 1. The smallest absolute Gasteiger partial charge is 0.267 e. The summed E-state index contributed by atoms with van der Waals surface area (Å²) in [5.74, 6) is 1.60. The van der Waals surface area contributed by atoms with Crippen LogP contribution in [-0.2, 0) is 17.1 Å². The van der Waals surface area contributed by atoms with Crippen LogP contribution in [0.2, 0.25) is 0 Å². The molecule has 1 fully saturated rings. The second-order valence-corrected chi connectivity index (χ2v) is 9.61. The van der Waals surface area contributed by atoms with Crippen LogP contribution < -0.4 is 9.04 Å². The zero-order chi connectivity index (χ0) is 21.8. The molecule has 0 unspecified atom stereocenters. The first-order chi connectivity index (χ1) is 14.9. The van der Waals surface area contributed by atoms with Crippen LogP contribution in [-0.4, -0.2) is 47.1 Å². The topological polar surface area (TPSA) is 95.1 Å². The van der Waals surface area contributed by atoms with Gasteiger partial charge in [0.15, 0.2) is 5.82 Å². The highest BCUT2D eigenvalue weighted by molar-refractivity contribution is 7.92. The minimum Gasteiger partial charge on any atom is -0.494 e. The second kappa shape index (κ2) is 7.09. The molecule has 0 N–H and O–H groups in total. The Labute approximate surface area is 179 Å². The van der Waals surface area contributed by atoms with Gasteiger partial charge < -0.3 is 4.74 Å². The number of aromatic nitrogens is 5. The Morgan fingerprint density at radius 3 is 2.71 bits per heavy atom. The Balaban J connectivity index is 1.56. The van der Waals surface area contributed by atoms with Crippen molar-refractivity contribution in [2.24, 2.45) is 7.05 Å². The average molecular weight is 439 g/mol. The number of fused-ring (bicyclic) bond motifs is 1. The SMILES string of the molecule is COc1ccc2cnn(C)c2c1N(C)S(=O)(=O)c1cnn(-c2cc(C3CC3)ccn2)c1. The van der Waals surface area contributed by atoms with Crippen LogP contribution >= 0.6 is 0 Å². The molecule has 0 radical (unpaired) electrons. The summed E-state index contributed by atoms with van der Waals surface area (Å²) in [6.07, 6.45) is 8.60. The predicted molar refractivity (Wildman–Crippen MR) is 116 cm³/mol. The molecule has 1 aliphatic carbocycles. The number of hydrogen-bond donors (Lipinski definition) is 0. The molecule has 3 heterocycles. The van der Waals surface area contributed by atoms with Crippen molar-refractivity contribution in [2.75, 3.05) is 18.5 Å². The summed E-state index contributed by atoms with van der Waals surface area (Å²) in [4.78, 5) is 4.42. The lowest BCUT2D eigenvalue weighted by atomic mass is 10.2. The fourth-order valence-electron chi connectivity index (χ4n) is 3.77. The first kappa shape index (κ1) is 19.6. The molecule has 9 nitrogen and oxygen atoms in total. The summed E-state index contributed by atoms with van der Waals surface area (Å²) >= 11 is 0. The van der Waals surface area contributed by atoms with Gasteiger partial charge in [-0.1, -0.05) is 0 Å². The monoisotopic (exact) mass is 438 g/mol. The Bertz CT molecular complexity index is 1390. The number of methoxy groups -OCH3 is 1. The number of pyridine rings is 1. The van der Waals surface area contributed by atoms with Crippen molar-refractivity contribution >= 4 is 26.6 Å². The van der Waals surface area contributed by atoms with Gasteiger partial charge in [0, 0.05) is 25.7 Å². The van der Waals surface area contributed by atoms with Crippen LogP contribution in [0, 0.1) is 0 Å². The number of nitrogens with zero attached hydrogens (tertiary/aromatic N) is 6. The number of hydrogen-bond acceptors (Lipinski definition) is 6. The molecule has 10 heteroatoms. The molecule has 5 rings (SSSR count). The van der Waals surface area contributed by atoms with Crippen molar-refractivity contribution in [3.63, 3.8) is 0 Å². The average Bonchev–Trinajstić information content (AvgIpc) is 3.39. The third-order valence-electron chi connectivity index (χ3n) is 5.64. The molecule has 31 heavy (non-hydrogen) atoms. The normalized spacial score (nSPS) is 14.2. The first-order valence-corrected chi connectivity index (χ1v) is 11.3. The van der Waals surface area contributed by atoms with E-state index in [0.29, 0.717) is 28.7 Å². The van der Waals surface area contributed by atoms with Crippen LogP contribution in [0.15, 0.2) is 53.9 Å². The lowest BCUT2D eigenvalue weighted by molar-refractivity contribution is 0.416. The molecule has 4 aromatic rings. The summed E-state index contributed by atoms with van der Waals surface area (Å²) in [5, 5.41) is 9.33. The molecule has 1 aliphatic rings. The van der Waals surface area contributed by atoms with Gasteiger partial charge in [-0.3, -0.25) is 8.99 Å². The van der Waals surface area contributed by atoms with Crippen molar-refractivity contribution in [3.8, 4) is 11.6 Å². The van der Waals surface area contributed by atoms with E-state index < -0.39 is 10.0 Å². The van der Waals surface area contributed by atoms with E-state index in [1.54, 1.807) is 30.2 Å². The minimum absolute atomic E-state index is 0.0647. The molecule has 3 aromatic heterocycles. The lowest BCUT2D eigenvalue weighted by Crippen LogP contribution is -2.27. The molecular weight excluding hydrogens is 416 g/mol. The van der Waals surface area contributed by atoms with Crippen LogP contribution in [0.4, 0.5) is 5.69 Å². The number of sulfonamides is 1. The van der Waals surface area contributed by atoms with E-state index in [9.17, 15) is 8.42 Å². The fraction of sp³-hybridized carbons (Fsp3) is 0.286. The number of anilines is 1. The van der Waals surface area contributed by atoms with Crippen LogP contribution in [0.1, 0.15) is 24.3 Å². The molecule has 0 amide bonds. The Hall–Kier alpha value is -3.40. The first-order valence-electron chi connectivity index (χ1n) is 9.89.